The van der Waals surface area contributed by atoms with Crippen LogP contribution in [0.25, 0.3) is 0 Å². The Hall–Kier alpha value is -0.600. The molecule has 1 nitrogen and oxygen atoms in total. The topological polar surface area (TPSA) is 26.0 Å². The third-order valence-electron chi connectivity index (χ3n) is 6.21. The zero-order valence-electron chi connectivity index (χ0n) is 11.6. The first-order chi connectivity index (χ1) is 9.57. The van der Waals surface area contributed by atoms with Crippen LogP contribution in [0, 0.1) is 29.5 Å². The lowest BCUT2D eigenvalue weighted by Crippen LogP contribution is -2.51. The van der Waals surface area contributed by atoms with Crippen molar-refractivity contribution in [3.63, 3.8) is 0 Å². The number of rotatable bonds is 2. The van der Waals surface area contributed by atoms with Crippen molar-refractivity contribution in [2.75, 3.05) is 0 Å². The fourth-order valence-electron chi connectivity index (χ4n) is 5.55. The molecule has 0 amide bonds. The van der Waals surface area contributed by atoms with Gasteiger partial charge in [-0.3, -0.25) is 0 Å². The lowest BCUT2D eigenvalue weighted by Gasteiger charge is -2.40. The van der Waals surface area contributed by atoms with Crippen molar-refractivity contribution in [3.8, 4) is 0 Å². The molecule has 0 aromatic heterocycles. The summed E-state index contributed by atoms with van der Waals surface area (Å²) in [5.74, 6) is 2.98. The van der Waals surface area contributed by atoms with Gasteiger partial charge in [0.15, 0.2) is 0 Å². The second-order valence-electron chi connectivity index (χ2n) is 7.21. The van der Waals surface area contributed by atoms with E-state index >= 15 is 0 Å². The van der Waals surface area contributed by atoms with Gasteiger partial charge in [0.2, 0.25) is 0 Å². The molecular formula is C17H21ClFN. The zero-order chi connectivity index (χ0) is 13.9. The van der Waals surface area contributed by atoms with Gasteiger partial charge >= 0.3 is 0 Å². The molecule has 0 radical (unpaired) electrons. The van der Waals surface area contributed by atoms with Crippen LogP contribution in [0.4, 0.5) is 4.39 Å². The first-order valence-corrected chi connectivity index (χ1v) is 8.17. The van der Waals surface area contributed by atoms with E-state index in [4.69, 9.17) is 17.3 Å². The van der Waals surface area contributed by atoms with E-state index in [-0.39, 0.29) is 11.4 Å². The lowest BCUT2D eigenvalue weighted by atomic mass is 9.69. The molecule has 20 heavy (non-hydrogen) atoms. The molecule has 108 valence electrons. The molecule has 0 aliphatic heterocycles. The first kappa shape index (κ1) is 13.1. The fourth-order valence-corrected chi connectivity index (χ4v) is 5.73. The molecule has 3 heteroatoms. The van der Waals surface area contributed by atoms with Gasteiger partial charge in [0.1, 0.15) is 5.82 Å². The second kappa shape index (κ2) is 4.45. The standard InChI is InChI=1S/C17H21ClFN/c18-16-5-4-12(19)6-11(16)9-17(20)8-10-7-15(17)14-3-1-2-13(10)14/h4-6,10,13-15H,1-3,7-9,20H2. The van der Waals surface area contributed by atoms with E-state index in [0.717, 1.165) is 36.2 Å². The molecule has 3 aliphatic rings. The smallest absolute Gasteiger partial charge is 0.123 e. The van der Waals surface area contributed by atoms with Crippen molar-refractivity contribution in [3.05, 3.63) is 34.6 Å². The lowest BCUT2D eigenvalue weighted by molar-refractivity contribution is 0.156. The molecule has 3 aliphatic carbocycles. The monoisotopic (exact) mass is 293 g/mol. The number of hydrogen-bond acceptors (Lipinski definition) is 1. The van der Waals surface area contributed by atoms with Crippen LogP contribution in [-0.4, -0.2) is 5.54 Å². The normalized spacial score (nSPS) is 42.1. The van der Waals surface area contributed by atoms with Gasteiger partial charge in [-0.1, -0.05) is 18.0 Å². The summed E-state index contributed by atoms with van der Waals surface area (Å²) in [4.78, 5) is 0. The molecule has 4 rings (SSSR count). The molecule has 0 spiro atoms. The van der Waals surface area contributed by atoms with Gasteiger partial charge in [-0.2, -0.15) is 0 Å². The summed E-state index contributed by atoms with van der Waals surface area (Å²) >= 11 is 6.23. The molecular weight excluding hydrogens is 273 g/mol. The highest BCUT2D eigenvalue weighted by Crippen LogP contribution is 2.62. The number of hydrogen-bond donors (Lipinski definition) is 1. The van der Waals surface area contributed by atoms with Gasteiger partial charge in [0, 0.05) is 10.6 Å². The Kier molecular flexibility index (Phi) is 2.91. The Morgan fingerprint density at radius 3 is 2.95 bits per heavy atom. The Morgan fingerprint density at radius 2 is 2.10 bits per heavy atom. The van der Waals surface area contributed by atoms with E-state index < -0.39 is 0 Å². The maximum atomic E-state index is 13.4. The summed E-state index contributed by atoms with van der Waals surface area (Å²) in [5.41, 5.74) is 7.50. The second-order valence-corrected chi connectivity index (χ2v) is 7.62. The molecule has 5 atom stereocenters. The third-order valence-corrected chi connectivity index (χ3v) is 6.58. The molecule has 3 fully saturated rings. The largest absolute Gasteiger partial charge is 0.325 e. The minimum absolute atomic E-state index is 0.159. The Morgan fingerprint density at radius 1 is 1.30 bits per heavy atom. The van der Waals surface area contributed by atoms with Crippen LogP contribution in [-0.2, 0) is 6.42 Å². The summed E-state index contributed by atoms with van der Waals surface area (Å²) in [7, 11) is 0. The van der Waals surface area contributed by atoms with Crippen LogP contribution in [0.3, 0.4) is 0 Å². The van der Waals surface area contributed by atoms with Crippen LogP contribution >= 0.6 is 11.6 Å². The highest BCUT2D eigenvalue weighted by Gasteiger charge is 2.59. The maximum absolute atomic E-state index is 13.4. The molecule has 2 bridgehead atoms. The van der Waals surface area contributed by atoms with Crippen molar-refractivity contribution in [2.24, 2.45) is 29.4 Å². The van der Waals surface area contributed by atoms with Gasteiger partial charge in [0.25, 0.3) is 0 Å². The minimum atomic E-state index is -0.213. The molecule has 2 N–H and O–H groups in total. The van der Waals surface area contributed by atoms with Gasteiger partial charge in [-0.05, 0) is 79.5 Å². The average Bonchev–Trinajstić information content (AvgIpc) is 3.04. The Labute approximate surface area is 124 Å². The summed E-state index contributed by atoms with van der Waals surface area (Å²) in [6, 6.07) is 4.64. The highest BCUT2D eigenvalue weighted by molar-refractivity contribution is 6.31. The van der Waals surface area contributed by atoms with Gasteiger partial charge in [-0.15, -0.1) is 0 Å². The van der Waals surface area contributed by atoms with Crippen LogP contribution in [0.2, 0.25) is 5.02 Å². The molecule has 1 aromatic carbocycles. The van der Waals surface area contributed by atoms with Gasteiger partial charge in [-0.25, -0.2) is 4.39 Å². The number of nitrogens with two attached hydrogens (primary N) is 1. The van der Waals surface area contributed by atoms with Crippen molar-refractivity contribution in [1.29, 1.82) is 0 Å². The number of benzene rings is 1. The van der Waals surface area contributed by atoms with Crippen molar-refractivity contribution < 1.29 is 4.39 Å². The Balaban J connectivity index is 1.61. The molecule has 0 heterocycles. The summed E-state index contributed by atoms with van der Waals surface area (Å²) < 4.78 is 13.4. The summed E-state index contributed by atoms with van der Waals surface area (Å²) in [6.07, 6.45) is 7.25. The van der Waals surface area contributed by atoms with Crippen LogP contribution in [0.5, 0.6) is 0 Å². The first-order valence-electron chi connectivity index (χ1n) is 7.80. The third kappa shape index (κ3) is 1.84. The minimum Gasteiger partial charge on any atom is -0.325 e. The van der Waals surface area contributed by atoms with E-state index in [1.165, 1.54) is 31.7 Å². The molecule has 1 aromatic rings. The highest BCUT2D eigenvalue weighted by atomic mass is 35.5. The van der Waals surface area contributed by atoms with Gasteiger partial charge < -0.3 is 5.73 Å². The van der Waals surface area contributed by atoms with Crippen LogP contribution < -0.4 is 5.73 Å². The maximum Gasteiger partial charge on any atom is 0.123 e. The SMILES string of the molecule is NC1(Cc2cc(F)ccc2Cl)CC2CC1C1CCCC21. The Bertz CT molecular complexity index is 546. The quantitative estimate of drug-likeness (QED) is 0.870. The zero-order valence-corrected chi connectivity index (χ0v) is 12.4. The predicted molar refractivity (Wildman–Crippen MR) is 79.1 cm³/mol. The average molecular weight is 294 g/mol. The molecule has 5 unspecified atom stereocenters. The van der Waals surface area contributed by atoms with Crippen LogP contribution in [0.1, 0.15) is 37.7 Å². The van der Waals surface area contributed by atoms with E-state index in [9.17, 15) is 4.39 Å². The van der Waals surface area contributed by atoms with Crippen molar-refractivity contribution in [1.82, 2.24) is 0 Å². The van der Waals surface area contributed by atoms with Crippen molar-refractivity contribution in [2.45, 2.75) is 44.1 Å². The summed E-state index contributed by atoms with van der Waals surface area (Å²) in [6.45, 7) is 0. The van der Waals surface area contributed by atoms with Crippen molar-refractivity contribution >= 4 is 11.6 Å². The van der Waals surface area contributed by atoms with E-state index in [0.29, 0.717) is 10.9 Å². The van der Waals surface area contributed by atoms with Gasteiger partial charge in [0.05, 0.1) is 0 Å². The summed E-state index contributed by atoms with van der Waals surface area (Å²) in [5, 5.41) is 0.655. The number of fused-ring (bicyclic) bond motifs is 5. The van der Waals surface area contributed by atoms with E-state index in [2.05, 4.69) is 0 Å². The fraction of sp³-hybridized carbons (Fsp3) is 0.647. The molecule has 0 saturated heterocycles. The predicted octanol–water partition coefficient (Wildman–Crippen LogP) is 4.18. The van der Waals surface area contributed by atoms with Crippen LogP contribution in [0.15, 0.2) is 18.2 Å². The molecule has 3 saturated carbocycles. The van der Waals surface area contributed by atoms with E-state index in [1.807, 2.05) is 0 Å². The van der Waals surface area contributed by atoms with E-state index in [1.54, 1.807) is 12.1 Å². The number of halogens is 2.